The van der Waals surface area contributed by atoms with Crippen LogP contribution in [-0.4, -0.2) is 35.2 Å². The number of nitro groups is 1. The monoisotopic (exact) mass is 396 g/mol. The van der Waals surface area contributed by atoms with E-state index in [2.05, 4.69) is 10.2 Å². The molecule has 29 heavy (non-hydrogen) atoms. The van der Waals surface area contributed by atoms with Crippen molar-refractivity contribution in [3.63, 3.8) is 0 Å². The van der Waals surface area contributed by atoms with Crippen LogP contribution in [0.25, 0.3) is 11.5 Å². The molecule has 2 aromatic carbocycles. The second-order valence-electron chi connectivity index (χ2n) is 6.71. The molecule has 0 aliphatic rings. The molecule has 0 saturated carbocycles. The number of rotatable bonds is 6. The van der Waals surface area contributed by atoms with Crippen molar-refractivity contribution >= 4 is 17.3 Å². The van der Waals surface area contributed by atoms with E-state index in [1.807, 2.05) is 31.2 Å². The second-order valence-corrected chi connectivity index (χ2v) is 6.71. The Labute approximate surface area is 167 Å². The minimum absolute atomic E-state index is 0.0624. The van der Waals surface area contributed by atoms with Gasteiger partial charge in [-0.15, -0.1) is 10.2 Å². The summed E-state index contributed by atoms with van der Waals surface area (Å²) in [5, 5.41) is 19.2. The van der Waals surface area contributed by atoms with Gasteiger partial charge in [0.15, 0.2) is 6.10 Å². The standard InChI is InChI=1S/C20H20N4O5/c1-12-5-7-14(8-6-12)19-22-21-18(29-19)13(2)28-20(25)15-9-10-16(23(3)4)17(11-15)24(26)27/h5-11,13H,1-4H3. The van der Waals surface area contributed by atoms with Crippen LogP contribution in [0.2, 0.25) is 0 Å². The maximum absolute atomic E-state index is 12.5. The smallest absolute Gasteiger partial charge is 0.339 e. The van der Waals surface area contributed by atoms with Crippen LogP contribution in [0.5, 0.6) is 0 Å². The number of nitro benzene ring substituents is 1. The molecule has 0 fully saturated rings. The fraction of sp³-hybridized carbons (Fsp3) is 0.250. The van der Waals surface area contributed by atoms with Crippen molar-refractivity contribution in [3.8, 4) is 11.5 Å². The molecule has 3 rings (SSSR count). The lowest BCUT2D eigenvalue weighted by Crippen LogP contribution is -2.13. The Morgan fingerprint density at radius 2 is 1.86 bits per heavy atom. The molecule has 0 N–H and O–H groups in total. The summed E-state index contributed by atoms with van der Waals surface area (Å²) in [6, 6.07) is 11.7. The molecule has 9 heteroatoms. The highest BCUT2D eigenvalue weighted by Gasteiger charge is 2.23. The van der Waals surface area contributed by atoms with Crippen LogP contribution >= 0.6 is 0 Å². The Morgan fingerprint density at radius 1 is 1.17 bits per heavy atom. The SMILES string of the molecule is Cc1ccc(-c2nnc(C(C)OC(=O)c3ccc(N(C)C)c([N+](=O)[O-])c3)o2)cc1. The van der Waals surface area contributed by atoms with Crippen LogP contribution in [0.15, 0.2) is 46.9 Å². The summed E-state index contributed by atoms with van der Waals surface area (Å²) in [5.74, 6) is -0.275. The first kappa shape index (κ1) is 20.0. The van der Waals surface area contributed by atoms with Crippen molar-refractivity contribution in [3.05, 3.63) is 69.6 Å². The van der Waals surface area contributed by atoms with Gasteiger partial charge in [0.2, 0.25) is 5.89 Å². The summed E-state index contributed by atoms with van der Waals surface area (Å²) in [5.41, 5.74) is 2.12. The maximum Gasteiger partial charge on any atom is 0.339 e. The molecule has 1 aromatic heterocycles. The van der Waals surface area contributed by atoms with Crippen LogP contribution in [0.1, 0.15) is 34.8 Å². The van der Waals surface area contributed by atoms with Gasteiger partial charge in [-0.25, -0.2) is 4.79 Å². The van der Waals surface area contributed by atoms with Crippen molar-refractivity contribution < 1.29 is 18.9 Å². The van der Waals surface area contributed by atoms with E-state index >= 15 is 0 Å². The summed E-state index contributed by atoms with van der Waals surface area (Å²) in [4.78, 5) is 24.8. The van der Waals surface area contributed by atoms with Gasteiger partial charge in [0, 0.05) is 25.7 Å². The highest BCUT2D eigenvalue weighted by molar-refractivity contribution is 5.91. The van der Waals surface area contributed by atoms with E-state index in [-0.39, 0.29) is 17.1 Å². The maximum atomic E-state index is 12.5. The van der Waals surface area contributed by atoms with E-state index < -0.39 is 17.0 Å². The molecule has 1 unspecified atom stereocenters. The molecule has 1 heterocycles. The van der Waals surface area contributed by atoms with Gasteiger partial charge < -0.3 is 14.1 Å². The molecule has 9 nitrogen and oxygen atoms in total. The number of anilines is 1. The quantitative estimate of drug-likeness (QED) is 0.350. The third-order valence-corrected chi connectivity index (χ3v) is 4.26. The van der Waals surface area contributed by atoms with E-state index in [1.165, 1.54) is 18.2 Å². The predicted octanol–water partition coefficient (Wildman–Crippen LogP) is 3.94. The largest absolute Gasteiger partial charge is 0.449 e. The first-order valence-electron chi connectivity index (χ1n) is 8.83. The molecule has 1 atom stereocenters. The molecule has 0 aliphatic carbocycles. The lowest BCUT2D eigenvalue weighted by molar-refractivity contribution is -0.384. The van der Waals surface area contributed by atoms with Gasteiger partial charge in [-0.05, 0) is 38.1 Å². The van der Waals surface area contributed by atoms with Crippen LogP contribution in [0, 0.1) is 17.0 Å². The van der Waals surface area contributed by atoms with Crippen molar-refractivity contribution in [1.82, 2.24) is 10.2 Å². The van der Waals surface area contributed by atoms with E-state index in [9.17, 15) is 14.9 Å². The first-order valence-corrected chi connectivity index (χ1v) is 8.83. The van der Waals surface area contributed by atoms with Crippen LogP contribution in [0.4, 0.5) is 11.4 Å². The molecular weight excluding hydrogens is 376 g/mol. The summed E-state index contributed by atoms with van der Waals surface area (Å²) in [6.45, 7) is 3.56. The lowest BCUT2D eigenvalue weighted by Gasteiger charge is -2.14. The summed E-state index contributed by atoms with van der Waals surface area (Å²) in [7, 11) is 3.37. The van der Waals surface area contributed by atoms with Gasteiger partial charge in [-0.3, -0.25) is 10.1 Å². The predicted molar refractivity (Wildman–Crippen MR) is 106 cm³/mol. The number of ether oxygens (including phenoxy) is 1. The Bertz CT molecular complexity index is 1040. The highest BCUT2D eigenvalue weighted by Crippen LogP contribution is 2.29. The molecule has 0 radical (unpaired) electrons. The summed E-state index contributed by atoms with van der Waals surface area (Å²) < 4.78 is 11.0. The number of carbonyl (C=O) groups is 1. The van der Waals surface area contributed by atoms with Gasteiger partial charge in [0.25, 0.3) is 11.6 Å². The molecule has 0 aliphatic heterocycles. The minimum Gasteiger partial charge on any atom is -0.449 e. The third-order valence-electron chi connectivity index (χ3n) is 4.26. The van der Waals surface area contributed by atoms with Crippen LogP contribution in [0.3, 0.4) is 0 Å². The highest BCUT2D eigenvalue weighted by atomic mass is 16.6. The normalized spacial score (nSPS) is 11.7. The molecule has 3 aromatic rings. The number of hydrogen-bond acceptors (Lipinski definition) is 8. The fourth-order valence-electron chi connectivity index (χ4n) is 2.67. The van der Waals surface area contributed by atoms with Crippen LogP contribution in [-0.2, 0) is 4.74 Å². The molecule has 150 valence electrons. The number of nitrogens with zero attached hydrogens (tertiary/aromatic N) is 4. The van der Waals surface area contributed by atoms with Gasteiger partial charge >= 0.3 is 5.97 Å². The van der Waals surface area contributed by atoms with E-state index in [0.717, 1.165) is 11.1 Å². The number of hydrogen-bond donors (Lipinski definition) is 0. The molecular formula is C20H20N4O5. The van der Waals surface area contributed by atoms with E-state index in [1.54, 1.807) is 25.9 Å². The average molecular weight is 396 g/mol. The van der Waals surface area contributed by atoms with Gasteiger partial charge in [0.1, 0.15) is 5.69 Å². The number of esters is 1. The molecule has 0 saturated heterocycles. The Morgan fingerprint density at radius 3 is 2.48 bits per heavy atom. The summed E-state index contributed by atoms with van der Waals surface area (Å²) in [6.07, 6.45) is -0.818. The lowest BCUT2D eigenvalue weighted by atomic mass is 10.1. The molecule has 0 amide bonds. The Balaban J connectivity index is 1.76. The van der Waals surface area contributed by atoms with Crippen molar-refractivity contribution in [1.29, 1.82) is 0 Å². The van der Waals surface area contributed by atoms with E-state index in [4.69, 9.17) is 9.15 Å². The van der Waals surface area contributed by atoms with Gasteiger partial charge in [-0.1, -0.05) is 17.7 Å². The van der Waals surface area contributed by atoms with Crippen LogP contribution < -0.4 is 4.90 Å². The Kier molecular flexibility index (Phi) is 5.58. The third kappa shape index (κ3) is 4.40. The van der Waals surface area contributed by atoms with Crippen molar-refractivity contribution in [2.24, 2.45) is 0 Å². The fourth-order valence-corrected chi connectivity index (χ4v) is 2.67. The number of aryl methyl sites for hydroxylation is 1. The van der Waals surface area contributed by atoms with Crippen molar-refractivity contribution in [2.45, 2.75) is 20.0 Å². The minimum atomic E-state index is -0.818. The zero-order valence-corrected chi connectivity index (χ0v) is 16.4. The van der Waals surface area contributed by atoms with Gasteiger partial charge in [0.05, 0.1) is 10.5 Å². The number of aromatic nitrogens is 2. The van der Waals surface area contributed by atoms with E-state index in [0.29, 0.717) is 11.6 Å². The average Bonchev–Trinajstić information content (AvgIpc) is 3.18. The first-order chi connectivity index (χ1) is 13.8. The topological polar surface area (TPSA) is 112 Å². The van der Waals surface area contributed by atoms with Gasteiger partial charge in [-0.2, -0.15) is 0 Å². The number of benzene rings is 2. The number of carbonyl (C=O) groups excluding carboxylic acids is 1. The molecule has 0 spiro atoms. The Hall–Kier alpha value is -3.75. The zero-order chi connectivity index (χ0) is 21.1. The molecule has 0 bridgehead atoms. The summed E-state index contributed by atoms with van der Waals surface area (Å²) >= 11 is 0. The second kappa shape index (κ2) is 8.09. The zero-order valence-electron chi connectivity index (χ0n) is 16.4. The van der Waals surface area contributed by atoms with Crippen molar-refractivity contribution in [2.75, 3.05) is 19.0 Å².